The first-order valence-electron chi connectivity index (χ1n) is 6.06. The molecule has 2 nitrogen and oxygen atoms in total. The second-order valence-corrected chi connectivity index (χ2v) is 5.01. The Kier molecular flexibility index (Phi) is 3.96. The summed E-state index contributed by atoms with van der Waals surface area (Å²) >= 11 is 0. The van der Waals surface area contributed by atoms with E-state index < -0.39 is 0 Å². The maximum absolute atomic E-state index is 5.63. The number of epoxide rings is 1. The van der Waals surface area contributed by atoms with Crippen molar-refractivity contribution in [1.29, 1.82) is 0 Å². The molecule has 0 radical (unpaired) electrons. The molecule has 1 fully saturated rings. The molecule has 2 heteroatoms. The molecule has 1 heterocycles. The van der Waals surface area contributed by atoms with Gasteiger partial charge in [-0.3, -0.25) is 4.48 Å². The van der Waals surface area contributed by atoms with Gasteiger partial charge in [-0.1, -0.05) is 26.7 Å². The van der Waals surface area contributed by atoms with Crippen LogP contribution in [0.25, 0.3) is 0 Å². The van der Waals surface area contributed by atoms with E-state index in [1.807, 2.05) is 0 Å². The van der Waals surface area contributed by atoms with Crippen LogP contribution in [0.4, 0.5) is 0 Å². The lowest BCUT2D eigenvalue weighted by atomic mass is 10.1. The molecule has 1 unspecified atom stereocenters. The van der Waals surface area contributed by atoms with Gasteiger partial charge in [-0.05, 0) is 12.8 Å². The largest absolute Gasteiger partial charge is 0.316 e. The van der Waals surface area contributed by atoms with Crippen LogP contribution in [0.2, 0.25) is 0 Å². The van der Waals surface area contributed by atoms with E-state index in [2.05, 4.69) is 27.8 Å². The summed E-state index contributed by atoms with van der Waals surface area (Å²) in [5.74, 6) is 0. The van der Waals surface area contributed by atoms with Gasteiger partial charge in [-0.2, -0.15) is 0 Å². The zero-order valence-electron chi connectivity index (χ0n) is 10.3. The summed E-state index contributed by atoms with van der Waals surface area (Å²) in [6, 6.07) is 0. The van der Waals surface area contributed by atoms with Crippen molar-refractivity contribution in [2.75, 3.05) is 26.7 Å². The molecule has 0 spiro atoms. The molecule has 0 amide bonds. The maximum Gasteiger partial charge on any atom is 0.224 e. The van der Waals surface area contributed by atoms with Crippen LogP contribution in [0.15, 0.2) is 0 Å². The molecule has 1 aliphatic heterocycles. The average molecular weight is 200 g/mol. The van der Waals surface area contributed by atoms with Crippen molar-refractivity contribution < 1.29 is 9.22 Å². The molecule has 0 aromatic carbocycles. The Hall–Kier alpha value is -0.0800. The lowest BCUT2D eigenvalue weighted by Gasteiger charge is -2.38. The summed E-state index contributed by atoms with van der Waals surface area (Å²) in [5, 5.41) is 0. The number of hydrogen-bond acceptors (Lipinski definition) is 1. The Balaban J connectivity index is 2.49. The number of quaternary nitrogens is 1. The zero-order chi connectivity index (χ0) is 10.7. The summed E-state index contributed by atoms with van der Waals surface area (Å²) < 4.78 is 6.75. The van der Waals surface area contributed by atoms with E-state index in [0.717, 1.165) is 11.1 Å². The zero-order valence-corrected chi connectivity index (χ0v) is 10.3. The first-order chi connectivity index (χ1) is 6.58. The van der Waals surface area contributed by atoms with Gasteiger partial charge in [-0.15, -0.1) is 0 Å². The summed E-state index contributed by atoms with van der Waals surface area (Å²) in [6.07, 6.45) is 5.21. The Morgan fingerprint density at radius 2 is 1.57 bits per heavy atom. The normalized spacial score (nSPS) is 26.6. The van der Waals surface area contributed by atoms with Crippen LogP contribution in [0.1, 0.15) is 46.5 Å². The minimum absolute atomic E-state index is 0.143. The monoisotopic (exact) mass is 200 g/mol. The van der Waals surface area contributed by atoms with E-state index in [9.17, 15) is 0 Å². The molecule has 0 aliphatic carbocycles. The van der Waals surface area contributed by atoms with Crippen LogP contribution in [-0.4, -0.2) is 37.0 Å². The van der Waals surface area contributed by atoms with Gasteiger partial charge in [0, 0.05) is 6.92 Å². The predicted molar refractivity (Wildman–Crippen MR) is 60.1 cm³/mol. The molecule has 0 aromatic heterocycles. The molecule has 1 rings (SSSR count). The van der Waals surface area contributed by atoms with Crippen LogP contribution in [-0.2, 0) is 4.74 Å². The van der Waals surface area contributed by atoms with Crippen LogP contribution in [0.5, 0.6) is 0 Å². The Bertz CT molecular complexity index is 167. The van der Waals surface area contributed by atoms with E-state index in [-0.39, 0.29) is 5.72 Å². The van der Waals surface area contributed by atoms with Crippen LogP contribution >= 0.6 is 0 Å². The standard InChI is InChI=1S/C12H26NO/c1-5-7-9-13(4,10-8-6-2)12(3)11-14-12/h5-11H2,1-4H3/q+1. The Morgan fingerprint density at radius 1 is 1.14 bits per heavy atom. The van der Waals surface area contributed by atoms with Crippen LogP contribution in [0, 0.1) is 0 Å². The number of nitrogens with zero attached hydrogens (tertiary/aromatic N) is 1. The van der Waals surface area contributed by atoms with Gasteiger partial charge in [0.15, 0.2) is 0 Å². The lowest BCUT2D eigenvalue weighted by Crippen LogP contribution is -2.54. The highest BCUT2D eigenvalue weighted by Crippen LogP contribution is 2.37. The Labute approximate surface area is 88.8 Å². The first-order valence-corrected chi connectivity index (χ1v) is 6.06. The smallest absolute Gasteiger partial charge is 0.224 e. The summed E-state index contributed by atoms with van der Waals surface area (Å²) in [6.45, 7) is 10.3. The third-order valence-corrected chi connectivity index (χ3v) is 3.71. The third kappa shape index (κ3) is 2.48. The van der Waals surface area contributed by atoms with Crippen LogP contribution < -0.4 is 0 Å². The fourth-order valence-corrected chi connectivity index (χ4v) is 2.02. The van der Waals surface area contributed by atoms with Crippen molar-refractivity contribution in [2.24, 2.45) is 0 Å². The molecule has 14 heavy (non-hydrogen) atoms. The van der Waals surface area contributed by atoms with Gasteiger partial charge >= 0.3 is 0 Å². The van der Waals surface area contributed by atoms with E-state index >= 15 is 0 Å². The lowest BCUT2D eigenvalue weighted by molar-refractivity contribution is -0.953. The number of likely N-dealkylation sites (N-methyl/N-ethyl adjacent to an activating group) is 1. The molecule has 84 valence electrons. The van der Waals surface area contributed by atoms with Crippen molar-refractivity contribution in [3.63, 3.8) is 0 Å². The minimum atomic E-state index is 0.143. The highest BCUT2D eigenvalue weighted by atomic mass is 16.6. The van der Waals surface area contributed by atoms with E-state index in [1.165, 1.54) is 38.8 Å². The summed E-state index contributed by atoms with van der Waals surface area (Å²) in [4.78, 5) is 0. The van der Waals surface area contributed by atoms with Gasteiger partial charge in [-0.25, -0.2) is 0 Å². The average Bonchev–Trinajstić information content (AvgIpc) is 2.92. The van der Waals surface area contributed by atoms with Gasteiger partial charge in [0.2, 0.25) is 5.72 Å². The molecule has 0 bridgehead atoms. The molecule has 1 saturated heterocycles. The first kappa shape index (κ1) is 12.0. The second-order valence-electron chi connectivity index (χ2n) is 5.01. The van der Waals surface area contributed by atoms with E-state index in [1.54, 1.807) is 0 Å². The SMILES string of the molecule is CCCC[N+](C)(CCCC)C1(C)CO1. The predicted octanol–water partition coefficient (Wildman–Crippen LogP) is 2.78. The molecular weight excluding hydrogens is 174 g/mol. The second kappa shape index (κ2) is 4.63. The summed E-state index contributed by atoms with van der Waals surface area (Å²) in [7, 11) is 2.36. The quantitative estimate of drug-likeness (QED) is 0.455. The molecule has 0 saturated carbocycles. The Morgan fingerprint density at radius 3 is 1.86 bits per heavy atom. The summed E-state index contributed by atoms with van der Waals surface area (Å²) in [5.41, 5.74) is 0.143. The van der Waals surface area contributed by atoms with E-state index in [0.29, 0.717) is 0 Å². The fraction of sp³-hybridized carbons (Fsp3) is 1.00. The van der Waals surface area contributed by atoms with Crippen LogP contribution in [0.3, 0.4) is 0 Å². The molecule has 0 N–H and O–H groups in total. The molecule has 1 atom stereocenters. The van der Waals surface area contributed by atoms with Gasteiger partial charge in [0.05, 0.1) is 20.1 Å². The highest BCUT2D eigenvalue weighted by Gasteiger charge is 2.55. The van der Waals surface area contributed by atoms with Crippen molar-refractivity contribution >= 4 is 0 Å². The van der Waals surface area contributed by atoms with Gasteiger partial charge in [0.1, 0.15) is 6.61 Å². The maximum atomic E-state index is 5.63. The number of unbranched alkanes of at least 4 members (excludes halogenated alkanes) is 2. The highest BCUT2D eigenvalue weighted by molar-refractivity contribution is 4.77. The minimum Gasteiger partial charge on any atom is -0.316 e. The number of rotatable bonds is 7. The van der Waals surface area contributed by atoms with Crippen molar-refractivity contribution in [1.82, 2.24) is 0 Å². The van der Waals surface area contributed by atoms with Crippen molar-refractivity contribution in [3.8, 4) is 0 Å². The molecule has 1 aliphatic rings. The number of hydrogen-bond donors (Lipinski definition) is 0. The number of ether oxygens (including phenoxy) is 1. The van der Waals surface area contributed by atoms with Gasteiger partial charge < -0.3 is 4.74 Å². The molecular formula is C12H26NO+. The fourth-order valence-electron chi connectivity index (χ4n) is 2.02. The van der Waals surface area contributed by atoms with Crippen molar-refractivity contribution in [3.05, 3.63) is 0 Å². The third-order valence-electron chi connectivity index (χ3n) is 3.71. The van der Waals surface area contributed by atoms with E-state index in [4.69, 9.17) is 4.74 Å². The van der Waals surface area contributed by atoms with Crippen molar-refractivity contribution in [2.45, 2.75) is 52.2 Å². The van der Waals surface area contributed by atoms with Gasteiger partial charge in [0.25, 0.3) is 0 Å². The molecule has 0 aromatic rings. The topological polar surface area (TPSA) is 12.5 Å².